The molecule has 0 atom stereocenters. The highest BCUT2D eigenvalue weighted by molar-refractivity contribution is 7.11. The first-order valence-corrected chi connectivity index (χ1v) is 7.68. The molecule has 2 nitrogen and oxygen atoms in total. The van der Waals surface area contributed by atoms with Gasteiger partial charge in [0.25, 0.3) is 0 Å². The molecule has 0 saturated heterocycles. The van der Waals surface area contributed by atoms with Crippen LogP contribution in [0.1, 0.15) is 41.3 Å². The Balaban J connectivity index is 1.69. The SMILES string of the molecule is Cc1nc(CNCC2CCC(Cl)CC2)sc1C. The summed E-state index contributed by atoms with van der Waals surface area (Å²) in [5.74, 6) is 0.812. The van der Waals surface area contributed by atoms with E-state index >= 15 is 0 Å². The first-order chi connectivity index (χ1) is 8.15. The zero-order valence-electron chi connectivity index (χ0n) is 10.6. The number of nitrogens with one attached hydrogen (secondary N) is 1. The summed E-state index contributed by atoms with van der Waals surface area (Å²) in [4.78, 5) is 5.88. The highest BCUT2D eigenvalue weighted by atomic mass is 35.5. The summed E-state index contributed by atoms with van der Waals surface area (Å²) in [5, 5.41) is 5.17. The number of hydrogen-bond donors (Lipinski definition) is 1. The Morgan fingerprint density at radius 3 is 2.59 bits per heavy atom. The number of alkyl halides is 1. The number of hydrogen-bond acceptors (Lipinski definition) is 3. The predicted molar refractivity (Wildman–Crippen MR) is 74.9 cm³/mol. The lowest BCUT2D eigenvalue weighted by atomic mass is 9.89. The Morgan fingerprint density at radius 1 is 1.29 bits per heavy atom. The van der Waals surface area contributed by atoms with Crippen LogP contribution < -0.4 is 5.32 Å². The monoisotopic (exact) mass is 272 g/mol. The smallest absolute Gasteiger partial charge is 0.107 e. The second-order valence-electron chi connectivity index (χ2n) is 5.00. The van der Waals surface area contributed by atoms with E-state index in [2.05, 4.69) is 24.1 Å². The summed E-state index contributed by atoms with van der Waals surface area (Å²) in [6.45, 7) is 6.25. The molecule has 0 spiro atoms. The first-order valence-electron chi connectivity index (χ1n) is 6.43. The third kappa shape index (κ3) is 3.94. The average Bonchev–Trinajstić information content (AvgIpc) is 2.61. The van der Waals surface area contributed by atoms with Crippen LogP contribution in [-0.2, 0) is 6.54 Å². The highest BCUT2D eigenvalue weighted by Crippen LogP contribution is 2.27. The fourth-order valence-electron chi connectivity index (χ4n) is 2.32. The average molecular weight is 273 g/mol. The van der Waals surface area contributed by atoms with Gasteiger partial charge in [-0.3, -0.25) is 0 Å². The topological polar surface area (TPSA) is 24.9 Å². The molecule has 96 valence electrons. The van der Waals surface area contributed by atoms with Crippen LogP contribution in [0.4, 0.5) is 0 Å². The van der Waals surface area contributed by atoms with E-state index in [4.69, 9.17) is 11.6 Å². The van der Waals surface area contributed by atoms with Gasteiger partial charge in [-0.05, 0) is 52.0 Å². The van der Waals surface area contributed by atoms with Crippen molar-refractivity contribution in [2.75, 3.05) is 6.54 Å². The molecule has 0 radical (unpaired) electrons. The van der Waals surface area contributed by atoms with Gasteiger partial charge >= 0.3 is 0 Å². The molecule has 0 unspecified atom stereocenters. The summed E-state index contributed by atoms with van der Waals surface area (Å²) >= 11 is 7.91. The van der Waals surface area contributed by atoms with Crippen LogP contribution in [0.5, 0.6) is 0 Å². The lowest BCUT2D eigenvalue weighted by molar-refractivity contribution is 0.345. The van der Waals surface area contributed by atoms with Gasteiger partial charge in [0.1, 0.15) is 5.01 Å². The van der Waals surface area contributed by atoms with Gasteiger partial charge in [0.05, 0.1) is 5.69 Å². The van der Waals surface area contributed by atoms with Crippen LogP contribution in [0.3, 0.4) is 0 Å². The van der Waals surface area contributed by atoms with E-state index in [1.54, 1.807) is 11.3 Å². The number of aromatic nitrogens is 1. The summed E-state index contributed by atoms with van der Waals surface area (Å²) in [6.07, 6.45) is 4.92. The van der Waals surface area contributed by atoms with E-state index in [9.17, 15) is 0 Å². The zero-order chi connectivity index (χ0) is 12.3. The highest BCUT2D eigenvalue weighted by Gasteiger charge is 2.18. The van der Waals surface area contributed by atoms with Gasteiger partial charge in [-0.25, -0.2) is 4.98 Å². The Bertz CT molecular complexity index is 337. The summed E-state index contributed by atoms with van der Waals surface area (Å²) in [7, 11) is 0. The van der Waals surface area contributed by atoms with Crippen molar-refractivity contribution in [3.8, 4) is 0 Å². The zero-order valence-corrected chi connectivity index (χ0v) is 12.2. The van der Waals surface area contributed by atoms with Crippen molar-refractivity contribution in [3.05, 3.63) is 15.6 Å². The quantitative estimate of drug-likeness (QED) is 0.847. The summed E-state index contributed by atoms with van der Waals surface area (Å²) in [5.41, 5.74) is 1.18. The van der Waals surface area contributed by atoms with E-state index in [0.29, 0.717) is 5.38 Å². The van der Waals surface area contributed by atoms with Crippen LogP contribution in [-0.4, -0.2) is 16.9 Å². The van der Waals surface area contributed by atoms with E-state index < -0.39 is 0 Å². The second kappa shape index (κ2) is 6.17. The van der Waals surface area contributed by atoms with Gasteiger partial charge in [0, 0.05) is 16.8 Å². The van der Waals surface area contributed by atoms with Crippen LogP contribution >= 0.6 is 22.9 Å². The van der Waals surface area contributed by atoms with Crippen LogP contribution in [0, 0.1) is 19.8 Å². The Kier molecular flexibility index (Phi) is 4.83. The molecule has 1 aromatic rings. The van der Waals surface area contributed by atoms with Crippen LogP contribution in [0.25, 0.3) is 0 Å². The van der Waals surface area contributed by atoms with Crippen molar-refractivity contribution < 1.29 is 0 Å². The molecule has 4 heteroatoms. The lowest BCUT2D eigenvalue weighted by Crippen LogP contribution is -2.26. The molecule has 0 aliphatic heterocycles. The maximum absolute atomic E-state index is 6.10. The van der Waals surface area contributed by atoms with Gasteiger partial charge in [-0.15, -0.1) is 22.9 Å². The van der Waals surface area contributed by atoms with Gasteiger partial charge in [-0.2, -0.15) is 0 Å². The fraction of sp³-hybridized carbons (Fsp3) is 0.769. The molecule has 1 saturated carbocycles. The number of nitrogens with zero attached hydrogens (tertiary/aromatic N) is 1. The Hall–Kier alpha value is -0.120. The van der Waals surface area contributed by atoms with Crippen molar-refractivity contribution in [3.63, 3.8) is 0 Å². The number of thiazole rings is 1. The molecular weight excluding hydrogens is 252 g/mol. The first kappa shape index (κ1) is 13.3. The molecule has 1 fully saturated rings. The van der Waals surface area contributed by atoms with Crippen LogP contribution in [0.2, 0.25) is 0 Å². The van der Waals surface area contributed by atoms with E-state index in [1.165, 1.54) is 41.3 Å². The molecular formula is C13H21ClN2S. The minimum absolute atomic E-state index is 0.426. The van der Waals surface area contributed by atoms with Crippen LogP contribution in [0.15, 0.2) is 0 Å². The molecule has 1 heterocycles. The van der Waals surface area contributed by atoms with Gasteiger partial charge in [-0.1, -0.05) is 0 Å². The van der Waals surface area contributed by atoms with E-state index in [-0.39, 0.29) is 0 Å². The predicted octanol–water partition coefficient (Wildman–Crippen LogP) is 3.65. The molecule has 2 rings (SSSR count). The summed E-state index contributed by atoms with van der Waals surface area (Å²) in [6, 6.07) is 0. The third-order valence-corrected chi connectivity index (χ3v) is 5.07. The molecule has 1 N–H and O–H groups in total. The molecule has 0 amide bonds. The minimum Gasteiger partial charge on any atom is -0.310 e. The lowest BCUT2D eigenvalue weighted by Gasteiger charge is -2.24. The number of aryl methyl sites for hydroxylation is 2. The van der Waals surface area contributed by atoms with Crippen molar-refractivity contribution in [2.45, 2.75) is 51.5 Å². The van der Waals surface area contributed by atoms with Gasteiger partial charge in [0.15, 0.2) is 0 Å². The van der Waals surface area contributed by atoms with Crippen molar-refractivity contribution in [1.29, 1.82) is 0 Å². The Morgan fingerprint density at radius 2 is 2.00 bits per heavy atom. The van der Waals surface area contributed by atoms with Crippen molar-refractivity contribution in [2.24, 2.45) is 5.92 Å². The molecule has 1 aliphatic carbocycles. The number of rotatable bonds is 4. The molecule has 1 aliphatic rings. The fourth-order valence-corrected chi connectivity index (χ4v) is 3.48. The minimum atomic E-state index is 0.426. The van der Waals surface area contributed by atoms with Crippen molar-refractivity contribution in [1.82, 2.24) is 10.3 Å². The largest absolute Gasteiger partial charge is 0.310 e. The van der Waals surface area contributed by atoms with Crippen molar-refractivity contribution >= 4 is 22.9 Å². The number of halogens is 1. The third-order valence-electron chi connectivity index (χ3n) is 3.56. The molecule has 1 aromatic heterocycles. The molecule has 0 bridgehead atoms. The van der Waals surface area contributed by atoms with E-state index in [1.807, 2.05) is 0 Å². The Labute approximate surface area is 113 Å². The molecule has 0 aromatic carbocycles. The van der Waals surface area contributed by atoms with Gasteiger partial charge in [0.2, 0.25) is 0 Å². The normalized spacial score (nSPS) is 25.1. The van der Waals surface area contributed by atoms with Gasteiger partial charge < -0.3 is 5.32 Å². The molecule has 17 heavy (non-hydrogen) atoms. The second-order valence-corrected chi connectivity index (χ2v) is 6.90. The van der Waals surface area contributed by atoms with E-state index in [0.717, 1.165) is 19.0 Å². The standard InChI is InChI=1S/C13H21ClN2S/c1-9-10(2)17-13(16-9)8-15-7-11-3-5-12(14)6-4-11/h11-12,15H,3-8H2,1-2H3. The summed E-state index contributed by atoms with van der Waals surface area (Å²) < 4.78 is 0. The maximum Gasteiger partial charge on any atom is 0.107 e. The maximum atomic E-state index is 6.10.